The normalized spacial score (nSPS) is 11.8. The van der Waals surface area contributed by atoms with Gasteiger partial charge in [-0.2, -0.15) is 19.0 Å². The molecule has 0 radical (unpaired) electrons. The van der Waals surface area contributed by atoms with Crippen molar-refractivity contribution in [2.45, 2.75) is 20.0 Å². The lowest BCUT2D eigenvalue weighted by Gasteiger charge is -2.07. The maximum atomic E-state index is 12.8. The van der Waals surface area contributed by atoms with E-state index in [0.29, 0.717) is 45.3 Å². The molecule has 5 aromatic heterocycles. The van der Waals surface area contributed by atoms with Crippen LogP contribution in [0.2, 0.25) is 5.15 Å². The Balaban J connectivity index is 1.48. The van der Waals surface area contributed by atoms with E-state index in [0.717, 1.165) is 11.1 Å². The molecule has 5 heterocycles. The molecular weight excluding hydrogens is 416 g/mol. The Labute approximate surface area is 172 Å². The van der Waals surface area contributed by atoms with Crippen LogP contribution in [0.5, 0.6) is 0 Å². The van der Waals surface area contributed by atoms with Crippen molar-refractivity contribution < 1.29 is 8.78 Å². The summed E-state index contributed by atoms with van der Waals surface area (Å²) in [6.07, 6.45) is 5.80. The third-order valence-corrected chi connectivity index (χ3v) is 4.82. The van der Waals surface area contributed by atoms with E-state index in [1.165, 1.54) is 23.1 Å². The molecule has 5 aromatic rings. The number of H-pyrrole nitrogens is 1. The van der Waals surface area contributed by atoms with E-state index in [4.69, 9.17) is 11.6 Å². The smallest absolute Gasteiger partial charge is 0.333 e. The van der Waals surface area contributed by atoms with Crippen LogP contribution in [0.15, 0.2) is 36.9 Å². The summed E-state index contributed by atoms with van der Waals surface area (Å²) in [7, 11) is 0. The van der Waals surface area contributed by atoms with Crippen LogP contribution in [0.4, 0.5) is 14.5 Å². The third kappa shape index (κ3) is 3.12. The van der Waals surface area contributed by atoms with Gasteiger partial charge in [-0.15, -0.1) is 0 Å². The summed E-state index contributed by atoms with van der Waals surface area (Å²) in [4.78, 5) is 16.3. The van der Waals surface area contributed by atoms with Gasteiger partial charge in [-0.3, -0.25) is 0 Å². The first-order chi connectivity index (χ1) is 14.5. The van der Waals surface area contributed by atoms with Crippen molar-refractivity contribution in [2.24, 2.45) is 0 Å². The van der Waals surface area contributed by atoms with Crippen LogP contribution in [0, 0.1) is 6.92 Å². The molecule has 30 heavy (non-hydrogen) atoms. The Hall–Kier alpha value is -3.60. The lowest BCUT2D eigenvalue weighted by Crippen LogP contribution is -2.05. The molecule has 0 aliphatic rings. The van der Waals surface area contributed by atoms with E-state index < -0.39 is 6.55 Å². The van der Waals surface area contributed by atoms with Crippen molar-refractivity contribution in [3.8, 4) is 11.3 Å². The van der Waals surface area contributed by atoms with E-state index >= 15 is 0 Å². The fraction of sp³-hybridized carbons (Fsp3) is 0.167. The number of hydrogen-bond acceptors (Lipinski definition) is 6. The molecule has 9 nitrogen and oxygen atoms in total. The molecule has 0 bridgehead atoms. The molecular formula is C18H14ClF2N9. The molecule has 0 fully saturated rings. The van der Waals surface area contributed by atoms with Crippen LogP contribution in [0.25, 0.3) is 28.1 Å². The van der Waals surface area contributed by atoms with E-state index in [1.807, 2.05) is 13.0 Å². The first-order valence-electron chi connectivity index (χ1n) is 8.90. The highest BCUT2D eigenvalue weighted by molar-refractivity contribution is 6.29. The number of rotatable bonds is 5. The number of hydrogen-bond donors (Lipinski definition) is 2. The highest BCUT2D eigenvalue weighted by Crippen LogP contribution is 2.27. The predicted octanol–water partition coefficient (Wildman–Crippen LogP) is 3.83. The third-order valence-electron chi connectivity index (χ3n) is 4.63. The molecule has 152 valence electrons. The highest BCUT2D eigenvalue weighted by Gasteiger charge is 2.16. The topological polar surface area (TPSA) is 102 Å². The first-order valence-corrected chi connectivity index (χ1v) is 9.28. The minimum atomic E-state index is -2.73. The minimum absolute atomic E-state index is 0.215. The van der Waals surface area contributed by atoms with Crippen molar-refractivity contribution in [3.05, 3.63) is 53.5 Å². The number of pyridine rings is 1. The number of aromatic nitrogens is 8. The van der Waals surface area contributed by atoms with Crippen molar-refractivity contribution >= 4 is 34.1 Å². The maximum absolute atomic E-state index is 12.8. The average Bonchev–Trinajstić information content (AvgIpc) is 3.43. The van der Waals surface area contributed by atoms with Crippen LogP contribution >= 0.6 is 11.6 Å². The molecule has 0 spiro atoms. The van der Waals surface area contributed by atoms with Crippen LogP contribution in [0.3, 0.4) is 0 Å². The van der Waals surface area contributed by atoms with Crippen molar-refractivity contribution in [3.63, 3.8) is 0 Å². The average molecular weight is 430 g/mol. The Morgan fingerprint density at radius 3 is 2.90 bits per heavy atom. The largest absolute Gasteiger partial charge is 0.375 e. The van der Waals surface area contributed by atoms with Crippen molar-refractivity contribution in [2.75, 3.05) is 5.32 Å². The molecule has 0 aromatic carbocycles. The summed E-state index contributed by atoms with van der Waals surface area (Å²) in [6.45, 7) is -0.376. The number of nitrogens with one attached hydrogen (secondary N) is 2. The van der Waals surface area contributed by atoms with Gasteiger partial charge >= 0.3 is 6.55 Å². The first kappa shape index (κ1) is 18.4. The molecule has 0 amide bonds. The maximum Gasteiger partial charge on any atom is 0.333 e. The Morgan fingerprint density at radius 2 is 2.13 bits per heavy atom. The summed E-state index contributed by atoms with van der Waals surface area (Å²) in [5.41, 5.74) is 4.62. The molecule has 12 heteroatoms. The van der Waals surface area contributed by atoms with Gasteiger partial charge in [0.25, 0.3) is 0 Å². The van der Waals surface area contributed by atoms with Gasteiger partial charge in [0.05, 0.1) is 35.8 Å². The summed E-state index contributed by atoms with van der Waals surface area (Å²) >= 11 is 6.19. The second-order valence-corrected chi connectivity index (χ2v) is 7.00. The number of anilines is 1. The Kier molecular flexibility index (Phi) is 4.31. The van der Waals surface area contributed by atoms with Crippen LogP contribution in [0.1, 0.15) is 17.9 Å². The summed E-state index contributed by atoms with van der Waals surface area (Å²) in [5, 5.41) is 11.4. The zero-order chi connectivity index (χ0) is 20.8. The van der Waals surface area contributed by atoms with Gasteiger partial charge in [-0.1, -0.05) is 11.6 Å². The number of imidazole rings is 2. The van der Waals surface area contributed by atoms with E-state index in [9.17, 15) is 8.78 Å². The van der Waals surface area contributed by atoms with E-state index in [-0.39, 0.29) is 5.15 Å². The van der Waals surface area contributed by atoms with E-state index in [1.54, 1.807) is 12.3 Å². The van der Waals surface area contributed by atoms with Crippen molar-refractivity contribution in [1.29, 1.82) is 0 Å². The molecule has 0 atom stereocenters. The SMILES string of the molecule is Cc1ccnc2nc(CNc3cc(Cl)nn4c(-c5cnn(C(F)F)c5)cnc34)[nH]c12. The van der Waals surface area contributed by atoms with Gasteiger partial charge in [-0.05, 0) is 18.6 Å². The molecule has 2 N–H and O–H groups in total. The van der Waals surface area contributed by atoms with Gasteiger partial charge in [0, 0.05) is 24.0 Å². The number of aryl methyl sites for hydroxylation is 1. The number of aromatic amines is 1. The zero-order valence-electron chi connectivity index (χ0n) is 15.5. The van der Waals surface area contributed by atoms with Gasteiger partial charge in [0.2, 0.25) is 0 Å². The lowest BCUT2D eigenvalue weighted by atomic mass is 10.3. The van der Waals surface area contributed by atoms with E-state index in [2.05, 4.69) is 35.5 Å². The highest BCUT2D eigenvalue weighted by atomic mass is 35.5. The van der Waals surface area contributed by atoms with Crippen molar-refractivity contribution in [1.82, 2.24) is 39.3 Å². The predicted molar refractivity (Wildman–Crippen MR) is 106 cm³/mol. The quantitative estimate of drug-likeness (QED) is 0.440. The molecule has 0 unspecified atom stereocenters. The Bertz CT molecular complexity index is 1370. The van der Waals surface area contributed by atoms with Crippen LogP contribution in [-0.2, 0) is 6.54 Å². The Morgan fingerprint density at radius 1 is 1.27 bits per heavy atom. The van der Waals surface area contributed by atoms with Gasteiger partial charge in [-0.25, -0.2) is 24.1 Å². The van der Waals surface area contributed by atoms with Crippen LogP contribution < -0.4 is 5.32 Å². The second-order valence-electron chi connectivity index (χ2n) is 6.61. The minimum Gasteiger partial charge on any atom is -0.375 e. The summed E-state index contributed by atoms with van der Waals surface area (Å²) in [5.74, 6) is 0.697. The fourth-order valence-electron chi connectivity index (χ4n) is 3.19. The van der Waals surface area contributed by atoms with Gasteiger partial charge in [0.1, 0.15) is 5.82 Å². The molecule has 0 aliphatic carbocycles. The monoisotopic (exact) mass is 429 g/mol. The molecule has 0 aliphatic heterocycles. The number of alkyl halides is 2. The number of halogens is 3. The number of fused-ring (bicyclic) bond motifs is 2. The zero-order valence-corrected chi connectivity index (χ0v) is 16.3. The van der Waals surface area contributed by atoms with Gasteiger partial charge in [0.15, 0.2) is 16.4 Å². The second kappa shape index (κ2) is 7.02. The summed E-state index contributed by atoms with van der Waals surface area (Å²) in [6, 6.07) is 3.55. The lowest BCUT2D eigenvalue weighted by molar-refractivity contribution is 0.0566. The number of nitrogens with zero attached hydrogens (tertiary/aromatic N) is 7. The van der Waals surface area contributed by atoms with Crippen LogP contribution in [-0.4, -0.2) is 39.3 Å². The molecule has 0 saturated carbocycles. The molecule has 0 saturated heterocycles. The fourth-order valence-corrected chi connectivity index (χ4v) is 3.37. The summed E-state index contributed by atoms with van der Waals surface area (Å²) < 4.78 is 27.7. The standard InChI is InChI=1S/C18H14ClF2N9/c1-9-2-3-22-16-15(9)26-14(27-16)7-23-11-4-13(19)28-30-12(6-24-17(11)30)10-5-25-29(8-10)18(20)21/h2-6,8,18,23H,7H2,1H3,(H,22,26,27). The van der Waals surface area contributed by atoms with Gasteiger partial charge < -0.3 is 10.3 Å². The molecule has 5 rings (SSSR count).